The largest absolute Gasteiger partial charge is 0.456 e. The Morgan fingerprint density at radius 2 is 0.962 bits per heavy atom. The fourth-order valence-electron chi connectivity index (χ4n) is 14.7. The van der Waals surface area contributed by atoms with Gasteiger partial charge in [-0.1, -0.05) is 158 Å². The summed E-state index contributed by atoms with van der Waals surface area (Å²) in [6, 6.07) is 56.7. The quantitative estimate of drug-likeness (QED) is 0.160. The van der Waals surface area contributed by atoms with Gasteiger partial charge in [-0.05, 0) is 205 Å². The van der Waals surface area contributed by atoms with Crippen LogP contribution in [0.3, 0.4) is 0 Å². The van der Waals surface area contributed by atoms with Crippen LogP contribution in [0, 0.1) is 13.8 Å². The lowest BCUT2D eigenvalue weighted by molar-refractivity contribution is 0.332. The molecule has 0 spiro atoms. The average Bonchev–Trinajstić information content (AvgIpc) is 2.65. The van der Waals surface area contributed by atoms with E-state index >= 15 is 0 Å². The molecule has 394 valence electrons. The Labute approximate surface area is 465 Å². The van der Waals surface area contributed by atoms with Crippen molar-refractivity contribution in [2.75, 3.05) is 14.7 Å². The van der Waals surface area contributed by atoms with E-state index in [2.05, 4.69) is 271 Å². The lowest BCUT2D eigenvalue weighted by atomic mass is 9.33. The van der Waals surface area contributed by atoms with Crippen molar-refractivity contribution < 1.29 is 4.42 Å². The molecule has 8 aromatic carbocycles. The Morgan fingerprint density at radius 1 is 0.449 bits per heavy atom. The predicted molar refractivity (Wildman–Crippen MR) is 335 cm³/mol. The van der Waals surface area contributed by atoms with Gasteiger partial charge in [-0.2, -0.15) is 0 Å². The van der Waals surface area contributed by atoms with Gasteiger partial charge in [0.1, 0.15) is 11.2 Å². The highest BCUT2D eigenvalue weighted by Gasteiger charge is 2.48. The van der Waals surface area contributed by atoms with E-state index in [1.54, 1.807) is 0 Å². The number of fused-ring (bicyclic) bond motifs is 9. The molecule has 0 N–H and O–H groups in total. The zero-order valence-electron chi connectivity index (χ0n) is 49.3. The van der Waals surface area contributed by atoms with Gasteiger partial charge in [0.15, 0.2) is 0 Å². The summed E-state index contributed by atoms with van der Waals surface area (Å²) in [6.45, 7) is 38.1. The highest BCUT2D eigenvalue weighted by molar-refractivity contribution is 7.00. The minimum Gasteiger partial charge on any atom is -0.456 e. The summed E-state index contributed by atoms with van der Waals surface area (Å²) in [5.74, 6) is 0. The van der Waals surface area contributed by atoms with Gasteiger partial charge in [-0.25, -0.2) is 0 Å². The third-order valence-corrected chi connectivity index (χ3v) is 19.0. The second kappa shape index (κ2) is 16.8. The van der Waals surface area contributed by atoms with Crippen LogP contribution in [0.5, 0.6) is 0 Å². The van der Waals surface area contributed by atoms with Crippen LogP contribution >= 0.6 is 0 Å². The number of nitrogens with zero attached hydrogens (tertiary/aromatic N) is 3. The highest BCUT2D eigenvalue weighted by Crippen LogP contribution is 2.55. The van der Waals surface area contributed by atoms with E-state index in [0.717, 1.165) is 64.0 Å². The van der Waals surface area contributed by atoms with E-state index in [1.165, 1.54) is 89.3 Å². The van der Waals surface area contributed by atoms with Crippen molar-refractivity contribution in [3.63, 3.8) is 0 Å². The number of hydrogen-bond donors (Lipinski definition) is 0. The smallest absolute Gasteiger partial charge is 0.252 e. The summed E-state index contributed by atoms with van der Waals surface area (Å²) in [5.41, 5.74) is 27.8. The summed E-state index contributed by atoms with van der Waals surface area (Å²) in [5, 5.41) is 2.26. The molecule has 0 unspecified atom stereocenters. The number of anilines is 9. The van der Waals surface area contributed by atoms with Gasteiger partial charge in [0.2, 0.25) is 0 Å². The molecule has 0 amide bonds. The molecule has 0 saturated carbocycles. The SMILES string of the molecule is Cc1cc2c3c(c1)N(c1cc4c(cc1C)C(C)(C)CC4(C)C)c1cc4c(cc1B3c1ccc(N(c3ccc(C(C)(C)C)cc3)c3ccc(C(C)(C)C)cc3)cc1N2c1ccc2c(c1)oc1ccccc12)C(C)(C)CCC4(C)C. The zero-order chi connectivity index (χ0) is 55.0. The van der Waals surface area contributed by atoms with E-state index in [-0.39, 0.29) is 39.2 Å². The number of para-hydroxylation sites is 1. The Bertz CT molecular complexity index is 3890. The molecule has 0 atom stereocenters. The predicted octanol–water partition coefficient (Wildman–Crippen LogP) is 18.7. The molecule has 3 heterocycles. The first-order valence-electron chi connectivity index (χ1n) is 28.9. The minimum absolute atomic E-state index is 0.0150. The second-order valence-corrected chi connectivity index (χ2v) is 28.6. The summed E-state index contributed by atoms with van der Waals surface area (Å²) in [7, 11) is 0. The van der Waals surface area contributed by atoms with E-state index in [9.17, 15) is 0 Å². The topological polar surface area (TPSA) is 22.9 Å². The van der Waals surface area contributed by atoms with Crippen LogP contribution in [-0.2, 0) is 32.5 Å². The Balaban J connectivity index is 1.11. The molecule has 0 bridgehead atoms. The van der Waals surface area contributed by atoms with Gasteiger partial charge in [-0.3, -0.25) is 0 Å². The first-order valence-corrected chi connectivity index (χ1v) is 28.9. The van der Waals surface area contributed by atoms with Gasteiger partial charge in [0.05, 0.1) is 0 Å². The minimum atomic E-state index is -0.0427. The molecule has 4 nitrogen and oxygen atoms in total. The molecule has 4 aliphatic rings. The molecule has 78 heavy (non-hydrogen) atoms. The first kappa shape index (κ1) is 50.5. The fourth-order valence-corrected chi connectivity index (χ4v) is 14.7. The maximum Gasteiger partial charge on any atom is 0.252 e. The zero-order valence-corrected chi connectivity index (χ0v) is 49.3. The van der Waals surface area contributed by atoms with Crippen LogP contribution in [0.2, 0.25) is 0 Å². The summed E-state index contributed by atoms with van der Waals surface area (Å²) in [6.07, 6.45) is 3.43. The summed E-state index contributed by atoms with van der Waals surface area (Å²) in [4.78, 5) is 7.75. The van der Waals surface area contributed by atoms with Gasteiger partial charge >= 0.3 is 0 Å². The van der Waals surface area contributed by atoms with Gasteiger partial charge in [-0.15, -0.1) is 0 Å². The molecule has 5 heteroatoms. The Hall–Kier alpha value is -6.98. The maximum absolute atomic E-state index is 6.75. The molecule has 1 aromatic heterocycles. The molecule has 13 rings (SSSR count). The van der Waals surface area contributed by atoms with Crippen molar-refractivity contribution in [2.45, 2.75) is 163 Å². The average molecular weight is 1020 g/mol. The molecule has 2 aliphatic carbocycles. The molecule has 9 aromatic rings. The third kappa shape index (κ3) is 7.75. The van der Waals surface area contributed by atoms with Crippen molar-refractivity contribution in [2.24, 2.45) is 0 Å². The van der Waals surface area contributed by atoms with Gasteiger partial charge in [0.25, 0.3) is 6.71 Å². The molecule has 0 saturated heterocycles. The standard InChI is InChI=1S/C73H78BN3O/c1-44-35-63-67-64(36-44)77(60-41-57-54(37-45(60)2)72(13,14)43-73(57,15)16)62-42-56-55(70(9,10)33-34-71(56,11)12)40-59(62)74(67)58-32-30-50(38-61(58)76(63)51-29-31-53-52-19-17-18-20-65(52)78-66(53)39-51)75(48-25-21-46(22-26-48)68(3,4)5)49-27-23-47(24-28-49)69(6,7)8/h17-32,35-42H,33-34,43H2,1-16H3. The van der Waals surface area contributed by atoms with Crippen molar-refractivity contribution in [1.29, 1.82) is 0 Å². The van der Waals surface area contributed by atoms with E-state index in [4.69, 9.17) is 4.42 Å². The monoisotopic (exact) mass is 1020 g/mol. The van der Waals surface area contributed by atoms with Crippen LogP contribution in [0.25, 0.3) is 21.9 Å². The number of aryl methyl sites for hydroxylation is 2. The fraction of sp³-hybridized carbons (Fsp3) is 0.342. The summed E-state index contributed by atoms with van der Waals surface area (Å²) < 4.78 is 6.75. The van der Waals surface area contributed by atoms with Crippen molar-refractivity contribution >= 4 is 96.2 Å². The van der Waals surface area contributed by atoms with Gasteiger partial charge < -0.3 is 19.1 Å². The molecule has 0 radical (unpaired) electrons. The summed E-state index contributed by atoms with van der Waals surface area (Å²) >= 11 is 0. The third-order valence-electron chi connectivity index (χ3n) is 19.0. The number of rotatable bonds is 5. The van der Waals surface area contributed by atoms with E-state index in [1.807, 2.05) is 0 Å². The van der Waals surface area contributed by atoms with E-state index < -0.39 is 0 Å². The number of hydrogen-bond acceptors (Lipinski definition) is 4. The molecule has 2 aliphatic heterocycles. The van der Waals surface area contributed by atoms with Crippen LogP contribution in [0.4, 0.5) is 51.2 Å². The normalized spacial score (nSPS) is 17.4. The lowest BCUT2D eigenvalue weighted by Crippen LogP contribution is -2.62. The van der Waals surface area contributed by atoms with E-state index in [0.29, 0.717) is 0 Å². The van der Waals surface area contributed by atoms with Gasteiger partial charge in [0, 0.05) is 68.0 Å². The van der Waals surface area contributed by atoms with Crippen LogP contribution < -0.4 is 31.1 Å². The van der Waals surface area contributed by atoms with Crippen LogP contribution in [0.15, 0.2) is 150 Å². The van der Waals surface area contributed by atoms with Crippen molar-refractivity contribution in [1.82, 2.24) is 0 Å². The molecule has 0 fully saturated rings. The molecular weight excluding hydrogens is 946 g/mol. The number of furan rings is 1. The molecular formula is C73H78BN3O. The highest BCUT2D eigenvalue weighted by atomic mass is 16.3. The Kier molecular flexibility index (Phi) is 10.9. The first-order chi connectivity index (χ1) is 36.7. The Morgan fingerprint density at radius 3 is 1.58 bits per heavy atom. The second-order valence-electron chi connectivity index (χ2n) is 28.6. The maximum atomic E-state index is 6.75. The van der Waals surface area contributed by atoms with Crippen molar-refractivity contribution in [3.05, 3.63) is 190 Å². The van der Waals surface area contributed by atoms with Crippen LogP contribution in [0.1, 0.15) is 161 Å². The number of benzene rings is 8. The van der Waals surface area contributed by atoms with Crippen LogP contribution in [-0.4, -0.2) is 6.71 Å². The van der Waals surface area contributed by atoms with Crippen molar-refractivity contribution in [3.8, 4) is 0 Å². The lowest BCUT2D eigenvalue weighted by Gasteiger charge is -2.48.